The number of nitrogens with two attached hydrogens (primary N) is 1. The number of amides is 1. The van der Waals surface area contributed by atoms with Crippen LogP contribution in [0.4, 0.5) is 4.39 Å². The number of amidine groups is 1. The van der Waals surface area contributed by atoms with Gasteiger partial charge >= 0.3 is 0 Å². The fourth-order valence-electron chi connectivity index (χ4n) is 2.13. The molecule has 0 unspecified atom stereocenters. The van der Waals surface area contributed by atoms with Crippen molar-refractivity contribution in [2.45, 2.75) is 0 Å². The smallest absolute Gasteiger partial charge is 0.287 e. The summed E-state index contributed by atoms with van der Waals surface area (Å²) in [6.07, 6.45) is 0. The molecule has 0 aliphatic rings. The Morgan fingerprint density at radius 2 is 2.00 bits per heavy atom. The first kappa shape index (κ1) is 15.1. The van der Waals surface area contributed by atoms with Gasteiger partial charge in [0, 0.05) is 15.9 Å². The van der Waals surface area contributed by atoms with Crippen molar-refractivity contribution in [2.75, 3.05) is 0 Å². The number of aromatic amines is 1. The molecule has 3 rings (SSSR count). The van der Waals surface area contributed by atoms with Crippen molar-refractivity contribution in [3.05, 3.63) is 70.6 Å². The summed E-state index contributed by atoms with van der Waals surface area (Å²) in [7, 11) is 0. The van der Waals surface area contributed by atoms with Crippen LogP contribution >= 0.6 is 11.6 Å². The summed E-state index contributed by atoms with van der Waals surface area (Å²) in [6, 6.07) is 12.8. The van der Waals surface area contributed by atoms with Crippen molar-refractivity contribution >= 4 is 34.2 Å². The minimum atomic E-state index is -0.511. The van der Waals surface area contributed by atoms with Crippen LogP contribution in [0.25, 0.3) is 10.9 Å². The number of aromatic nitrogens is 1. The molecule has 1 aromatic heterocycles. The Morgan fingerprint density at radius 1 is 1.22 bits per heavy atom. The number of rotatable bonds is 3. The molecule has 5 nitrogen and oxygen atoms in total. The van der Waals surface area contributed by atoms with Crippen molar-refractivity contribution in [1.29, 1.82) is 0 Å². The minimum absolute atomic E-state index is 0.115. The van der Waals surface area contributed by atoms with E-state index in [-0.39, 0.29) is 11.4 Å². The molecule has 116 valence electrons. The van der Waals surface area contributed by atoms with Crippen molar-refractivity contribution in [3.8, 4) is 0 Å². The summed E-state index contributed by atoms with van der Waals surface area (Å²) >= 11 is 5.90. The molecule has 3 aromatic rings. The quantitative estimate of drug-likeness (QED) is 0.392. The molecule has 7 heteroatoms. The molecule has 1 amide bonds. The number of H-pyrrole nitrogens is 1. The molecule has 1 heterocycles. The zero-order valence-electron chi connectivity index (χ0n) is 11.8. The van der Waals surface area contributed by atoms with Gasteiger partial charge in [-0.1, -0.05) is 23.7 Å². The maximum Gasteiger partial charge on any atom is 0.287 e. The highest BCUT2D eigenvalue weighted by atomic mass is 35.5. The van der Waals surface area contributed by atoms with Crippen LogP contribution in [-0.2, 0) is 0 Å². The van der Waals surface area contributed by atoms with Crippen LogP contribution in [0.5, 0.6) is 0 Å². The lowest BCUT2D eigenvalue weighted by atomic mass is 10.2. The Kier molecular flexibility index (Phi) is 3.99. The first-order chi connectivity index (χ1) is 11.0. The van der Waals surface area contributed by atoms with Gasteiger partial charge in [0.15, 0.2) is 5.84 Å². The lowest BCUT2D eigenvalue weighted by molar-refractivity contribution is 0.0950. The molecule has 0 bridgehead atoms. The first-order valence-electron chi connectivity index (χ1n) is 6.71. The van der Waals surface area contributed by atoms with Gasteiger partial charge in [-0.25, -0.2) is 9.82 Å². The van der Waals surface area contributed by atoms with Crippen LogP contribution in [0.3, 0.4) is 0 Å². The van der Waals surface area contributed by atoms with Crippen molar-refractivity contribution in [2.24, 2.45) is 10.8 Å². The van der Waals surface area contributed by atoms with E-state index < -0.39 is 11.7 Å². The molecule has 2 aromatic carbocycles. The third kappa shape index (κ3) is 3.17. The Morgan fingerprint density at radius 3 is 2.78 bits per heavy atom. The lowest BCUT2D eigenvalue weighted by Crippen LogP contribution is -2.24. The third-order valence-electron chi connectivity index (χ3n) is 3.26. The van der Waals surface area contributed by atoms with Gasteiger partial charge in [0.2, 0.25) is 0 Å². The van der Waals surface area contributed by atoms with Gasteiger partial charge in [-0.3, -0.25) is 4.79 Å². The zero-order valence-corrected chi connectivity index (χ0v) is 12.6. The van der Waals surface area contributed by atoms with E-state index in [1.54, 1.807) is 36.4 Å². The van der Waals surface area contributed by atoms with Gasteiger partial charge in [-0.2, -0.15) is 5.10 Å². The van der Waals surface area contributed by atoms with Gasteiger partial charge in [0.25, 0.3) is 5.91 Å². The number of benzene rings is 2. The molecule has 0 saturated heterocycles. The number of carbonyl (C=O) groups is 1. The van der Waals surface area contributed by atoms with Gasteiger partial charge in [0.05, 0.1) is 5.56 Å². The molecule has 0 fully saturated rings. The highest BCUT2D eigenvalue weighted by Crippen LogP contribution is 2.20. The van der Waals surface area contributed by atoms with E-state index in [4.69, 9.17) is 17.3 Å². The third-order valence-corrected chi connectivity index (χ3v) is 3.49. The number of halogens is 2. The normalized spacial score (nSPS) is 11.7. The second-order valence-electron chi connectivity index (χ2n) is 4.83. The number of fused-ring (bicyclic) bond motifs is 1. The Balaban J connectivity index is 1.80. The molecule has 0 saturated carbocycles. The predicted molar refractivity (Wildman–Crippen MR) is 87.9 cm³/mol. The Bertz CT molecular complexity index is 919. The fraction of sp³-hybridized carbons (Fsp3) is 0. The summed E-state index contributed by atoms with van der Waals surface area (Å²) < 4.78 is 13.6. The molecule has 23 heavy (non-hydrogen) atoms. The number of nitrogens with zero attached hydrogens (tertiary/aromatic N) is 1. The number of nitrogens with one attached hydrogen (secondary N) is 2. The summed E-state index contributed by atoms with van der Waals surface area (Å²) in [6.45, 7) is 0. The number of hydrogen-bond donors (Lipinski definition) is 3. The zero-order chi connectivity index (χ0) is 16.4. The van der Waals surface area contributed by atoms with Gasteiger partial charge in [-0.05, 0) is 36.4 Å². The topological polar surface area (TPSA) is 83.3 Å². The lowest BCUT2D eigenvalue weighted by Gasteiger charge is -2.02. The van der Waals surface area contributed by atoms with Crippen molar-refractivity contribution in [1.82, 2.24) is 10.4 Å². The van der Waals surface area contributed by atoms with Gasteiger partial charge in [-0.15, -0.1) is 0 Å². The Hall–Kier alpha value is -2.86. The SMILES string of the molecule is N/C(=N\NC(=O)c1cc2cc(Cl)ccc2[nH]1)c1ccccc1F. The molecular formula is C16H12ClFN4O. The fourth-order valence-corrected chi connectivity index (χ4v) is 2.31. The standard InChI is InChI=1S/C16H12ClFN4O/c17-10-5-6-13-9(7-10)8-14(20-13)16(23)22-21-15(19)11-3-1-2-4-12(11)18/h1-8,20H,(H2,19,21)(H,22,23). The van der Waals surface area contributed by atoms with E-state index >= 15 is 0 Å². The highest BCUT2D eigenvalue weighted by molar-refractivity contribution is 6.31. The van der Waals surface area contributed by atoms with Crippen LogP contribution in [0.15, 0.2) is 53.6 Å². The maximum absolute atomic E-state index is 13.6. The monoisotopic (exact) mass is 330 g/mol. The summed E-state index contributed by atoms with van der Waals surface area (Å²) in [5.41, 5.74) is 9.17. The van der Waals surface area contributed by atoms with E-state index in [1.807, 2.05) is 0 Å². The average Bonchev–Trinajstić information content (AvgIpc) is 2.95. The van der Waals surface area contributed by atoms with Crippen LogP contribution in [0.1, 0.15) is 16.1 Å². The highest BCUT2D eigenvalue weighted by Gasteiger charge is 2.10. The van der Waals surface area contributed by atoms with Crippen LogP contribution in [0.2, 0.25) is 5.02 Å². The predicted octanol–water partition coefficient (Wildman–Crippen LogP) is 3.01. The Labute approximate surface area is 135 Å². The van der Waals surface area contributed by atoms with E-state index in [0.29, 0.717) is 10.7 Å². The van der Waals surface area contributed by atoms with E-state index in [2.05, 4.69) is 15.5 Å². The summed E-state index contributed by atoms with van der Waals surface area (Å²) in [5, 5.41) is 5.10. The molecular weight excluding hydrogens is 319 g/mol. The van der Waals surface area contributed by atoms with E-state index in [1.165, 1.54) is 12.1 Å². The molecule has 0 radical (unpaired) electrons. The molecule has 0 aliphatic carbocycles. The van der Waals surface area contributed by atoms with Crippen molar-refractivity contribution in [3.63, 3.8) is 0 Å². The van der Waals surface area contributed by atoms with E-state index in [0.717, 1.165) is 10.9 Å². The number of hydrazone groups is 1. The maximum atomic E-state index is 13.6. The summed E-state index contributed by atoms with van der Waals surface area (Å²) in [5.74, 6) is -1.12. The molecule has 0 spiro atoms. The largest absolute Gasteiger partial charge is 0.382 e. The number of carbonyl (C=O) groups excluding carboxylic acids is 1. The second kappa shape index (κ2) is 6.10. The molecule has 4 N–H and O–H groups in total. The van der Waals surface area contributed by atoms with Crippen LogP contribution in [0, 0.1) is 5.82 Å². The average molecular weight is 331 g/mol. The second-order valence-corrected chi connectivity index (χ2v) is 5.27. The minimum Gasteiger partial charge on any atom is -0.382 e. The van der Waals surface area contributed by atoms with Crippen LogP contribution in [-0.4, -0.2) is 16.7 Å². The van der Waals surface area contributed by atoms with Gasteiger partial charge < -0.3 is 10.7 Å². The molecule has 0 aliphatic heterocycles. The van der Waals surface area contributed by atoms with E-state index in [9.17, 15) is 9.18 Å². The summed E-state index contributed by atoms with van der Waals surface area (Å²) in [4.78, 5) is 15.0. The first-order valence-corrected chi connectivity index (χ1v) is 7.09. The van der Waals surface area contributed by atoms with Crippen molar-refractivity contribution < 1.29 is 9.18 Å². The van der Waals surface area contributed by atoms with Crippen LogP contribution < -0.4 is 11.2 Å². The van der Waals surface area contributed by atoms with Gasteiger partial charge in [0.1, 0.15) is 11.5 Å². The molecule has 0 atom stereocenters. The number of hydrogen-bond acceptors (Lipinski definition) is 2.